The van der Waals surface area contributed by atoms with Crippen LogP contribution in [0, 0.1) is 0 Å². The van der Waals surface area contributed by atoms with E-state index in [4.69, 9.17) is 16.3 Å². The summed E-state index contributed by atoms with van der Waals surface area (Å²) in [5.74, 6) is -0.209. The predicted octanol–water partition coefficient (Wildman–Crippen LogP) is 3.65. The lowest BCUT2D eigenvalue weighted by Gasteiger charge is -2.05. The maximum Gasteiger partial charge on any atom is 0.258 e. The molecule has 11 heteroatoms. The van der Waals surface area contributed by atoms with E-state index in [-0.39, 0.29) is 23.3 Å². The van der Waals surface area contributed by atoms with Gasteiger partial charge in [-0.15, -0.1) is 23.1 Å². The minimum Gasteiger partial charge on any atom is -0.380 e. The summed E-state index contributed by atoms with van der Waals surface area (Å²) < 4.78 is 8.37. The second kappa shape index (κ2) is 10.9. The molecule has 0 atom stereocenters. The lowest BCUT2D eigenvalue weighted by molar-refractivity contribution is -0.115. The predicted molar refractivity (Wildman–Crippen MR) is 120 cm³/mol. The van der Waals surface area contributed by atoms with Crippen LogP contribution >= 0.6 is 46.0 Å². The Morgan fingerprint density at radius 3 is 3.00 bits per heavy atom. The number of hydrogen-bond donors (Lipinski definition) is 1. The largest absolute Gasteiger partial charge is 0.380 e. The maximum absolute atomic E-state index is 12.3. The van der Waals surface area contributed by atoms with Gasteiger partial charge in [0, 0.05) is 29.8 Å². The Labute approximate surface area is 184 Å². The third-order valence-corrected chi connectivity index (χ3v) is 6.55. The molecule has 0 bridgehead atoms. The fraction of sp³-hybridized carbons (Fsp3) is 0.333. The summed E-state index contributed by atoms with van der Waals surface area (Å²) in [6.45, 7) is 3.68. The third kappa shape index (κ3) is 6.38. The second-order valence-electron chi connectivity index (χ2n) is 5.73. The van der Waals surface area contributed by atoms with Crippen LogP contribution in [0.1, 0.15) is 6.92 Å². The molecule has 0 radical (unpaired) electrons. The van der Waals surface area contributed by atoms with Gasteiger partial charge >= 0.3 is 0 Å². The molecule has 0 aliphatic carbocycles. The molecule has 0 saturated heterocycles. The van der Waals surface area contributed by atoms with E-state index >= 15 is 0 Å². The van der Waals surface area contributed by atoms with Gasteiger partial charge in [0.25, 0.3) is 5.91 Å². The van der Waals surface area contributed by atoms with Crippen molar-refractivity contribution in [3.05, 3.63) is 39.6 Å². The highest BCUT2D eigenvalue weighted by atomic mass is 35.5. The number of nitrogens with one attached hydrogen (secondary N) is 1. The van der Waals surface area contributed by atoms with Gasteiger partial charge in [-0.05, 0) is 25.1 Å². The molecule has 2 amide bonds. The monoisotopic (exact) mass is 470 g/mol. The van der Waals surface area contributed by atoms with Crippen molar-refractivity contribution in [2.75, 3.05) is 30.0 Å². The number of fused-ring (bicyclic) bond motifs is 1. The number of thioether (sulfide) groups is 1. The van der Waals surface area contributed by atoms with Crippen molar-refractivity contribution >= 4 is 73.2 Å². The Bertz CT molecular complexity index is 1050. The summed E-state index contributed by atoms with van der Waals surface area (Å²) in [5.41, 5.74) is 0.959. The van der Waals surface area contributed by atoms with E-state index in [9.17, 15) is 9.59 Å². The summed E-state index contributed by atoms with van der Waals surface area (Å²) >= 11 is 10.1. The molecule has 3 aromatic rings. The summed E-state index contributed by atoms with van der Waals surface area (Å²) in [5, 5.41) is 5.65. The van der Waals surface area contributed by atoms with Crippen LogP contribution in [0.25, 0.3) is 10.2 Å². The van der Waals surface area contributed by atoms with Gasteiger partial charge in [-0.25, -0.2) is 4.98 Å². The minimum atomic E-state index is -0.292. The van der Waals surface area contributed by atoms with Gasteiger partial charge in [0.1, 0.15) is 0 Å². The first-order valence-electron chi connectivity index (χ1n) is 8.78. The second-order valence-corrected chi connectivity index (χ2v) is 9.05. The van der Waals surface area contributed by atoms with E-state index in [0.717, 1.165) is 10.2 Å². The summed E-state index contributed by atoms with van der Waals surface area (Å²) in [7, 11) is 0. The highest BCUT2D eigenvalue weighted by Crippen LogP contribution is 2.22. The van der Waals surface area contributed by atoms with Gasteiger partial charge in [0.2, 0.25) is 5.91 Å². The van der Waals surface area contributed by atoms with E-state index in [1.807, 2.05) is 29.7 Å². The molecule has 2 aromatic heterocycles. The van der Waals surface area contributed by atoms with Crippen molar-refractivity contribution in [3.8, 4) is 0 Å². The average molecular weight is 471 g/mol. The van der Waals surface area contributed by atoms with Crippen LogP contribution in [0.15, 0.2) is 34.8 Å². The number of nitrogens with zero attached hydrogens (tertiary/aromatic N) is 3. The van der Waals surface area contributed by atoms with Gasteiger partial charge in [0.15, 0.2) is 9.93 Å². The van der Waals surface area contributed by atoms with E-state index in [2.05, 4.69) is 15.3 Å². The lowest BCUT2D eigenvalue weighted by atomic mass is 10.3. The van der Waals surface area contributed by atoms with Gasteiger partial charge in [-0.3, -0.25) is 9.59 Å². The minimum absolute atomic E-state index is 0.117. The Hall–Kier alpha value is -1.72. The Balaban J connectivity index is 1.66. The Morgan fingerprint density at radius 1 is 1.38 bits per heavy atom. The highest BCUT2D eigenvalue weighted by molar-refractivity contribution is 8.00. The molecular weight excluding hydrogens is 452 g/mol. The number of halogens is 1. The first kappa shape index (κ1) is 22.0. The number of ether oxygens (including phenoxy) is 1. The zero-order valence-corrected chi connectivity index (χ0v) is 18.8. The fourth-order valence-corrected chi connectivity index (χ4v) is 4.95. The zero-order chi connectivity index (χ0) is 20.6. The number of rotatable bonds is 9. The van der Waals surface area contributed by atoms with Crippen LogP contribution in [0.3, 0.4) is 0 Å². The van der Waals surface area contributed by atoms with Crippen LogP contribution in [-0.2, 0) is 20.9 Å². The standard InChI is InChI=1S/C18H19ClN4O3S3/c1-2-26-7-6-23-13-4-3-12(19)9-14(13)29-18(23)22-16(25)11-27-10-15(24)21-17-20-5-8-28-17/h3-5,8-9H,2,6-7,10-11H2,1H3,(H,20,21,24). The van der Waals surface area contributed by atoms with E-state index < -0.39 is 0 Å². The Morgan fingerprint density at radius 2 is 2.24 bits per heavy atom. The number of thiazole rings is 2. The van der Waals surface area contributed by atoms with Crippen LogP contribution in [-0.4, -0.2) is 46.1 Å². The molecule has 1 N–H and O–H groups in total. The molecule has 154 valence electrons. The number of aromatic nitrogens is 2. The molecule has 1 aromatic carbocycles. The van der Waals surface area contributed by atoms with Crippen molar-refractivity contribution in [2.24, 2.45) is 4.99 Å². The van der Waals surface area contributed by atoms with Crippen molar-refractivity contribution < 1.29 is 14.3 Å². The number of anilines is 1. The SMILES string of the molecule is CCOCCn1c(=NC(=O)CSCC(=O)Nc2nccs2)sc2cc(Cl)ccc21. The normalized spacial score (nSPS) is 11.9. The van der Waals surface area contributed by atoms with Crippen LogP contribution < -0.4 is 10.1 Å². The lowest BCUT2D eigenvalue weighted by Crippen LogP contribution is -2.20. The van der Waals surface area contributed by atoms with E-state index in [0.29, 0.717) is 34.7 Å². The topological polar surface area (TPSA) is 85.6 Å². The summed E-state index contributed by atoms with van der Waals surface area (Å²) in [6.07, 6.45) is 1.62. The van der Waals surface area contributed by atoms with Gasteiger partial charge in [-0.1, -0.05) is 22.9 Å². The first-order chi connectivity index (χ1) is 14.1. The number of hydrogen-bond acceptors (Lipinski definition) is 7. The van der Waals surface area contributed by atoms with Gasteiger partial charge < -0.3 is 14.6 Å². The smallest absolute Gasteiger partial charge is 0.258 e. The highest BCUT2D eigenvalue weighted by Gasteiger charge is 2.10. The Kier molecular flexibility index (Phi) is 8.25. The summed E-state index contributed by atoms with van der Waals surface area (Å²) in [4.78, 5) is 33.1. The summed E-state index contributed by atoms with van der Waals surface area (Å²) in [6, 6.07) is 5.59. The molecule has 0 aliphatic heterocycles. The molecule has 2 heterocycles. The molecule has 0 saturated carbocycles. The molecule has 7 nitrogen and oxygen atoms in total. The quantitative estimate of drug-likeness (QED) is 0.482. The number of benzene rings is 1. The first-order valence-corrected chi connectivity index (χ1v) is 12.0. The van der Waals surface area contributed by atoms with Crippen LogP contribution in [0.4, 0.5) is 5.13 Å². The molecule has 0 unspecified atom stereocenters. The molecular formula is C18H19ClN4O3S3. The van der Waals surface area contributed by atoms with Gasteiger partial charge in [0.05, 0.1) is 28.3 Å². The molecule has 0 aliphatic rings. The number of amides is 2. The zero-order valence-electron chi connectivity index (χ0n) is 15.6. The maximum atomic E-state index is 12.3. The fourth-order valence-electron chi connectivity index (χ4n) is 2.46. The van der Waals surface area contributed by atoms with Crippen LogP contribution in [0.2, 0.25) is 5.02 Å². The van der Waals surface area contributed by atoms with Crippen molar-refractivity contribution in [1.82, 2.24) is 9.55 Å². The average Bonchev–Trinajstić information content (AvgIpc) is 3.29. The third-order valence-electron chi connectivity index (χ3n) is 3.67. The molecule has 0 fully saturated rings. The van der Waals surface area contributed by atoms with Gasteiger partial charge in [-0.2, -0.15) is 4.99 Å². The van der Waals surface area contributed by atoms with Crippen LogP contribution in [0.5, 0.6) is 0 Å². The molecule has 0 spiro atoms. The number of carbonyl (C=O) groups excluding carboxylic acids is 2. The molecule has 29 heavy (non-hydrogen) atoms. The van der Waals surface area contributed by atoms with Crippen molar-refractivity contribution in [3.63, 3.8) is 0 Å². The van der Waals surface area contributed by atoms with E-state index in [1.165, 1.54) is 34.4 Å². The van der Waals surface area contributed by atoms with Crippen molar-refractivity contribution in [1.29, 1.82) is 0 Å². The molecule has 3 rings (SSSR count). The van der Waals surface area contributed by atoms with Crippen molar-refractivity contribution in [2.45, 2.75) is 13.5 Å². The number of carbonyl (C=O) groups is 2. The van der Waals surface area contributed by atoms with E-state index in [1.54, 1.807) is 11.6 Å².